The fourth-order valence-corrected chi connectivity index (χ4v) is 3.92. The lowest BCUT2D eigenvalue weighted by atomic mass is 9.95. The average Bonchev–Trinajstić information content (AvgIpc) is 3.46. The largest absolute Gasteiger partial charge is 0.376 e. The van der Waals surface area contributed by atoms with E-state index in [9.17, 15) is 9.90 Å². The van der Waals surface area contributed by atoms with Gasteiger partial charge in [-0.3, -0.25) is 13.9 Å². The summed E-state index contributed by atoms with van der Waals surface area (Å²) in [6, 6.07) is 17.7. The Morgan fingerprint density at radius 3 is 2.41 bits per heavy atom. The monoisotopic (exact) mass is 472 g/mol. The normalized spacial score (nSPS) is 13.1. The van der Waals surface area contributed by atoms with Crippen molar-refractivity contribution in [1.29, 1.82) is 0 Å². The summed E-state index contributed by atoms with van der Waals surface area (Å²) in [5.41, 5.74) is 2.77. The molecule has 3 aromatic heterocycles. The van der Waals surface area contributed by atoms with E-state index in [0.717, 1.165) is 22.5 Å². The van der Waals surface area contributed by atoms with Gasteiger partial charge in [0.2, 0.25) is 0 Å². The summed E-state index contributed by atoms with van der Waals surface area (Å²) >= 11 is 5.91. The van der Waals surface area contributed by atoms with Crippen LogP contribution >= 0.6 is 11.6 Å². The van der Waals surface area contributed by atoms with Crippen molar-refractivity contribution in [3.05, 3.63) is 90.0 Å². The van der Waals surface area contributed by atoms with Gasteiger partial charge in [-0.25, -0.2) is 9.97 Å². The van der Waals surface area contributed by atoms with Gasteiger partial charge in [0.15, 0.2) is 5.60 Å². The van der Waals surface area contributed by atoms with Crippen LogP contribution in [0.1, 0.15) is 12.5 Å². The highest BCUT2D eigenvalue weighted by atomic mass is 35.5. The molecule has 5 aromatic rings. The molecule has 0 saturated carbocycles. The standard InChI is InChI=1S/C25H21ClN6O2/c1-25(34,18-5-7-19(26)8-6-18)24(33)30-20-9-3-16(4-10-20)23-28-15-27-22-12-11-21(32(22)23)17-13-29-31(2)14-17/h3-15,34H,1-2H3,(H,30,33). The number of aliphatic hydroxyl groups is 1. The van der Waals surface area contributed by atoms with Gasteiger partial charge >= 0.3 is 0 Å². The molecule has 170 valence electrons. The van der Waals surface area contributed by atoms with Gasteiger partial charge in [-0.2, -0.15) is 5.10 Å². The van der Waals surface area contributed by atoms with E-state index in [1.807, 2.05) is 41.9 Å². The van der Waals surface area contributed by atoms with Gasteiger partial charge in [0, 0.05) is 35.1 Å². The molecule has 0 aliphatic heterocycles. The second-order valence-corrected chi connectivity index (χ2v) is 8.56. The second-order valence-electron chi connectivity index (χ2n) is 8.12. The quantitative estimate of drug-likeness (QED) is 0.397. The predicted molar refractivity (Wildman–Crippen MR) is 130 cm³/mol. The molecular formula is C25H21ClN6O2. The zero-order valence-corrected chi connectivity index (χ0v) is 19.2. The number of nitrogens with one attached hydrogen (secondary N) is 1. The Hall–Kier alpha value is -4.01. The lowest BCUT2D eigenvalue weighted by Gasteiger charge is -2.23. The minimum Gasteiger partial charge on any atom is -0.376 e. The number of hydrogen-bond acceptors (Lipinski definition) is 5. The highest BCUT2D eigenvalue weighted by molar-refractivity contribution is 6.30. The van der Waals surface area contributed by atoms with Crippen LogP contribution < -0.4 is 5.32 Å². The van der Waals surface area contributed by atoms with Crippen molar-refractivity contribution in [1.82, 2.24) is 24.1 Å². The fraction of sp³-hybridized carbons (Fsp3) is 0.120. The van der Waals surface area contributed by atoms with E-state index < -0.39 is 11.5 Å². The van der Waals surface area contributed by atoms with Crippen LogP contribution in [-0.2, 0) is 17.4 Å². The van der Waals surface area contributed by atoms with E-state index in [2.05, 4.69) is 20.4 Å². The third-order valence-corrected chi connectivity index (χ3v) is 5.94. The van der Waals surface area contributed by atoms with E-state index in [4.69, 9.17) is 11.6 Å². The number of halogens is 1. The van der Waals surface area contributed by atoms with Gasteiger partial charge in [-0.05, 0) is 61.0 Å². The van der Waals surface area contributed by atoms with Crippen LogP contribution in [0.15, 0.2) is 79.4 Å². The summed E-state index contributed by atoms with van der Waals surface area (Å²) in [6.07, 6.45) is 5.25. The van der Waals surface area contributed by atoms with Crippen LogP contribution in [0.25, 0.3) is 28.3 Å². The summed E-state index contributed by atoms with van der Waals surface area (Å²) in [6.45, 7) is 1.45. The van der Waals surface area contributed by atoms with Crippen LogP contribution in [-0.4, -0.2) is 35.2 Å². The molecule has 2 aromatic carbocycles. The number of anilines is 1. The van der Waals surface area contributed by atoms with Crippen molar-refractivity contribution in [2.45, 2.75) is 12.5 Å². The van der Waals surface area contributed by atoms with E-state index in [0.29, 0.717) is 22.1 Å². The molecule has 0 aliphatic carbocycles. The first kappa shape index (κ1) is 21.8. The minimum atomic E-state index is -1.72. The highest BCUT2D eigenvalue weighted by Gasteiger charge is 2.32. The minimum absolute atomic E-state index is 0.449. The summed E-state index contributed by atoms with van der Waals surface area (Å²) < 4.78 is 3.71. The number of carbonyl (C=O) groups is 1. The smallest absolute Gasteiger partial charge is 0.260 e. The number of amides is 1. The van der Waals surface area contributed by atoms with E-state index in [-0.39, 0.29) is 0 Å². The summed E-state index contributed by atoms with van der Waals surface area (Å²) in [5, 5.41) is 18.4. The second kappa shape index (κ2) is 8.40. The molecule has 34 heavy (non-hydrogen) atoms. The first-order valence-electron chi connectivity index (χ1n) is 10.5. The van der Waals surface area contributed by atoms with Gasteiger partial charge in [-0.1, -0.05) is 23.7 Å². The first-order chi connectivity index (χ1) is 16.3. The maximum atomic E-state index is 12.8. The number of benzene rings is 2. The van der Waals surface area contributed by atoms with Gasteiger partial charge in [-0.15, -0.1) is 0 Å². The number of aromatic nitrogens is 5. The average molecular weight is 473 g/mol. The Kier molecular flexibility index (Phi) is 5.39. The first-order valence-corrected chi connectivity index (χ1v) is 10.9. The number of aryl methyl sites for hydroxylation is 1. The number of fused-ring (bicyclic) bond motifs is 1. The van der Waals surface area contributed by atoms with E-state index in [1.54, 1.807) is 47.3 Å². The van der Waals surface area contributed by atoms with Crippen molar-refractivity contribution in [2.75, 3.05) is 5.32 Å². The molecule has 0 bridgehead atoms. The Balaban J connectivity index is 1.43. The third-order valence-electron chi connectivity index (χ3n) is 5.69. The predicted octanol–water partition coefficient (Wildman–Crippen LogP) is 4.30. The Morgan fingerprint density at radius 2 is 1.74 bits per heavy atom. The van der Waals surface area contributed by atoms with Crippen molar-refractivity contribution < 1.29 is 9.90 Å². The van der Waals surface area contributed by atoms with Crippen LogP contribution in [0.5, 0.6) is 0 Å². The Bertz CT molecular complexity index is 1490. The van der Waals surface area contributed by atoms with Gasteiger partial charge < -0.3 is 10.4 Å². The van der Waals surface area contributed by atoms with Crippen LogP contribution in [0.3, 0.4) is 0 Å². The zero-order chi connectivity index (χ0) is 23.9. The van der Waals surface area contributed by atoms with Gasteiger partial charge in [0.1, 0.15) is 17.8 Å². The van der Waals surface area contributed by atoms with Crippen molar-refractivity contribution in [3.63, 3.8) is 0 Å². The summed E-state index contributed by atoms with van der Waals surface area (Å²) in [7, 11) is 1.87. The third kappa shape index (κ3) is 3.93. The lowest BCUT2D eigenvalue weighted by molar-refractivity contribution is -0.133. The maximum absolute atomic E-state index is 12.8. The Labute approximate surface area is 200 Å². The molecule has 2 N–H and O–H groups in total. The van der Waals surface area contributed by atoms with Crippen LogP contribution in [0.2, 0.25) is 5.02 Å². The summed E-state index contributed by atoms with van der Waals surface area (Å²) in [4.78, 5) is 21.7. The number of rotatable bonds is 5. The maximum Gasteiger partial charge on any atom is 0.260 e. The molecule has 1 amide bonds. The number of nitrogens with zero attached hydrogens (tertiary/aromatic N) is 5. The zero-order valence-electron chi connectivity index (χ0n) is 18.5. The molecule has 1 atom stereocenters. The molecule has 5 rings (SSSR count). The molecule has 0 radical (unpaired) electrons. The highest BCUT2D eigenvalue weighted by Crippen LogP contribution is 2.28. The van der Waals surface area contributed by atoms with Crippen molar-refractivity contribution >= 4 is 28.8 Å². The molecule has 0 aliphatic rings. The van der Waals surface area contributed by atoms with Gasteiger partial charge in [0.25, 0.3) is 5.91 Å². The Morgan fingerprint density at radius 1 is 1.00 bits per heavy atom. The fourth-order valence-electron chi connectivity index (χ4n) is 3.79. The molecule has 9 heteroatoms. The molecule has 3 heterocycles. The van der Waals surface area contributed by atoms with Gasteiger partial charge in [0.05, 0.1) is 11.9 Å². The molecule has 0 saturated heterocycles. The van der Waals surface area contributed by atoms with Crippen molar-refractivity contribution in [2.24, 2.45) is 7.05 Å². The van der Waals surface area contributed by atoms with E-state index in [1.165, 1.54) is 13.3 Å². The topological polar surface area (TPSA) is 97.3 Å². The van der Waals surface area contributed by atoms with Crippen LogP contribution in [0, 0.1) is 0 Å². The summed E-state index contributed by atoms with van der Waals surface area (Å²) in [5.74, 6) is 0.163. The van der Waals surface area contributed by atoms with E-state index >= 15 is 0 Å². The van der Waals surface area contributed by atoms with Crippen molar-refractivity contribution in [3.8, 4) is 22.6 Å². The molecule has 1 unspecified atom stereocenters. The molecule has 8 nitrogen and oxygen atoms in total. The number of hydrogen-bond donors (Lipinski definition) is 2. The lowest BCUT2D eigenvalue weighted by Crippen LogP contribution is -2.37. The molecule has 0 fully saturated rings. The van der Waals surface area contributed by atoms with Crippen LogP contribution in [0.4, 0.5) is 5.69 Å². The SMILES string of the molecule is Cn1cc(-c2ccc3ncnc(-c4ccc(NC(=O)C(C)(O)c5ccc(Cl)cc5)cc4)n23)cn1. The molecular weight excluding hydrogens is 452 g/mol. The molecule has 0 spiro atoms. The number of carbonyl (C=O) groups excluding carboxylic acids is 1.